The molecule has 436 valence electrons. The summed E-state index contributed by atoms with van der Waals surface area (Å²) in [5, 5.41) is 0. The average Bonchev–Trinajstić information content (AvgIpc) is 3.42. The molecule has 1 unspecified atom stereocenters. The molecule has 6 heteroatoms. The van der Waals surface area contributed by atoms with Crippen LogP contribution in [0.5, 0.6) is 0 Å². The molecule has 0 aromatic carbocycles. The van der Waals surface area contributed by atoms with Crippen molar-refractivity contribution >= 4 is 17.9 Å². The second-order valence-electron chi connectivity index (χ2n) is 21.3. The summed E-state index contributed by atoms with van der Waals surface area (Å²) in [7, 11) is 0. The first-order chi connectivity index (χ1) is 37.5. The summed E-state index contributed by atoms with van der Waals surface area (Å²) >= 11 is 0. The Hall–Kier alpha value is -3.67. The van der Waals surface area contributed by atoms with E-state index in [0.29, 0.717) is 19.3 Å². The molecule has 0 aromatic heterocycles. The standard InChI is InChI=1S/C70H120O6/c1-4-7-10-13-16-19-22-25-28-31-33-34-35-36-37-40-42-45-48-51-54-57-60-63-69(72)75-66-67(65-74-68(71)62-59-56-53-50-47-44-41-38-30-27-24-21-18-15-12-9-6-3)76-70(73)64-61-58-55-52-49-46-43-39-32-29-26-23-20-17-14-11-8-5-2/h7,10,16,18-21,23,25,27-30,32-34,67H,4-6,8-9,11-15,17,22,24,26,31,35-66H2,1-3H3/b10-7-,19-16-,21-18-,23-20-,28-25-,30-27-,32-29-,34-33-. The lowest BCUT2D eigenvalue weighted by Crippen LogP contribution is -2.30. The van der Waals surface area contributed by atoms with Crippen LogP contribution in [0.4, 0.5) is 0 Å². The molecular formula is C70H120O6. The van der Waals surface area contributed by atoms with Crippen molar-refractivity contribution in [3.8, 4) is 0 Å². The van der Waals surface area contributed by atoms with Gasteiger partial charge < -0.3 is 14.2 Å². The SMILES string of the molecule is CC/C=C\C/C=C\C/C=C\C/C=C\CCCCCCCCCCCCC(=O)OCC(COC(=O)CCCCCCCCC/C=C\C/C=C\CCCCC)OC(=O)CCCCCCCCC/C=C\C/C=C\CCCCCC. The first-order valence-corrected chi connectivity index (χ1v) is 32.2. The van der Waals surface area contributed by atoms with Crippen molar-refractivity contribution in [3.63, 3.8) is 0 Å². The number of hydrogen-bond acceptors (Lipinski definition) is 6. The van der Waals surface area contributed by atoms with E-state index in [9.17, 15) is 14.4 Å². The molecule has 0 heterocycles. The van der Waals surface area contributed by atoms with Gasteiger partial charge in [-0.05, 0) is 122 Å². The molecule has 0 saturated heterocycles. The Bertz CT molecular complexity index is 1490. The third kappa shape index (κ3) is 61.2. The molecule has 0 aliphatic heterocycles. The Kier molecular flexibility index (Phi) is 60.8. The highest BCUT2D eigenvalue weighted by Gasteiger charge is 2.19. The molecule has 0 bridgehead atoms. The summed E-state index contributed by atoms with van der Waals surface area (Å²) in [5.74, 6) is -0.894. The normalized spacial score (nSPS) is 12.7. The van der Waals surface area contributed by atoms with Crippen LogP contribution >= 0.6 is 0 Å². The van der Waals surface area contributed by atoms with Crippen LogP contribution in [0.3, 0.4) is 0 Å². The van der Waals surface area contributed by atoms with Gasteiger partial charge in [0.15, 0.2) is 6.10 Å². The van der Waals surface area contributed by atoms with E-state index in [1.165, 1.54) is 161 Å². The Balaban J connectivity index is 4.39. The molecule has 0 aliphatic rings. The molecule has 6 nitrogen and oxygen atoms in total. The second kappa shape index (κ2) is 63.9. The van der Waals surface area contributed by atoms with E-state index in [1.807, 2.05) is 0 Å². The minimum absolute atomic E-state index is 0.0850. The summed E-state index contributed by atoms with van der Waals surface area (Å²) in [5.41, 5.74) is 0. The van der Waals surface area contributed by atoms with Crippen LogP contribution in [-0.2, 0) is 28.6 Å². The van der Waals surface area contributed by atoms with Crippen molar-refractivity contribution in [1.29, 1.82) is 0 Å². The summed E-state index contributed by atoms with van der Waals surface area (Å²) in [6.45, 7) is 6.50. The van der Waals surface area contributed by atoms with Gasteiger partial charge in [0.25, 0.3) is 0 Å². The lowest BCUT2D eigenvalue weighted by atomic mass is 10.1. The zero-order chi connectivity index (χ0) is 55.0. The van der Waals surface area contributed by atoms with Crippen LogP contribution in [0.2, 0.25) is 0 Å². The van der Waals surface area contributed by atoms with Crippen LogP contribution in [0.1, 0.15) is 310 Å². The molecule has 0 amide bonds. The number of hydrogen-bond donors (Lipinski definition) is 0. The number of unbranched alkanes of at least 4 members (excludes halogenated alkanes) is 31. The Morgan fingerprint density at radius 3 is 0.829 bits per heavy atom. The van der Waals surface area contributed by atoms with Gasteiger partial charge in [0.2, 0.25) is 0 Å². The predicted octanol–water partition coefficient (Wildman–Crippen LogP) is 22.0. The number of esters is 3. The molecule has 76 heavy (non-hydrogen) atoms. The number of carbonyl (C=O) groups excluding carboxylic acids is 3. The van der Waals surface area contributed by atoms with Crippen LogP contribution in [0, 0.1) is 0 Å². The fourth-order valence-electron chi connectivity index (χ4n) is 8.97. The van der Waals surface area contributed by atoms with Crippen molar-refractivity contribution in [2.75, 3.05) is 13.2 Å². The van der Waals surface area contributed by atoms with Gasteiger partial charge >= 0.3 is 17.9 Å². The molecule has 1 atom stereocenters. The van der Waals surface area contributed by atoms with Gasteiger partial charge in [-0.3, -0.25) is 14.4 Å². The predicted molar refractivity (Wildman–Crippen MR) is 330 cm³/mol. The van der Waals surface area contributed by atoms with E-state index >= 15 is 0 Å². The lowest BCUT2D eigenvalue weighted by molar-refractivity contribution is -0.167. The highest BCUT2D eigenvalue weighted by molar-refractivity contribution is 5.71. The van der Waals surface area contributed by atoms with Crippen LogP contribution in [0.15, 0.2) is 97.2 Å². The van der Waals surface area contributed by atoms with Gasteiger partial charge in [-0.1, -0.05) is 266 Å². The maximum atomic E-state index is 12.9. The fourth-order valence-corrected chi connectivity index (χ4v) is 8.97. The van der Waals surface area contributed by atoms with Crippen molar-refractivity contribution < 1.29 is 28.6 Å². The summed E-state index contributed by atoms with van der Waals surface area (Å²) in [4.78, 5) is 38.4. The quantitative estimate of drug-likeness (QED) is 0.0261. The Labute approximate surface area is 470 Å². The molecule has 0 radical (unpaired) electrons. The molecule has 0 aromatic rings. The third-order valence-corrected chi connectivity index (χ3v) is 13.8. The molecule has 0 spiro atoms. The molecule has 0 aliphatic carbocycles. The summed E-state index contributed by atoms with van der Waals surface area (Å²) < 4.78 is 16.9. The van der Waals surface area contributed by atoms with Gasteiger partial charge in [0.1, 0.15) is 13.2 Å². The topological polar surface area (TPSA) is 78.9 Å². The Morgan fingerprint density at radius 2 is 0.513 bits per heavy atom. The van der Waals surface area contributed by atoms with Crippen molar-refractivity contribution in [3.05, 3.63) is 97.2 Å². The molecule has 0 fully saturated rings. The minimum atomic E-state index is -0.789. The molecule has 0 N–H and O–H groups in total. The molecular weight excluding hydrogens is 937 g/mol. The van der Waals surface area contributed by atoms with Crippen LogP contribution < -0.4 is 0 Å². The number of carbonyl (C=O) groups is 3. The van der Waals surface area contributed by atoms with E-state index in [2.05, 4.69) is 118 Å². The largest absolute Gasteiger partial charge is 0.462 e. The molecule has 0 rings (SSSR count). The van der Waals surface area contributed by atoms with E-state index in [1.54, 1.807) is 0 Å². The van der Waals surface area contributed by atoms with Crippen LogP contribution in [0.25, 0.3) is 0 Å². The lowest BCUT2D eigenvalue weighted by Gasteiger charge is -2.18. The summed E-state index contributed by atoms with van der Waals surface area (Å²) in [6, 6.07) is 0. The van der Waals surface area contributed by atoms with Gasteiger partial charge in [-0.15, -0.1) is 0 Å². The zero-order valence-corrected chi connectivity index (χ0v) is 50.0. The van der Waals surface area contributed by atoms with Crippen molar-refractivity contribution in [2.24, 2.45) is 0 Å². The van der Waals surface area contributed by atoms with Gasteiger partial charge in [-0.2, -0.15) is 0 Å². The maximum Gasteiger partial charge on any atom is 0.306 e. The first kappa shape index (κ1) is 72.3. The monoisotopic (exact) mass is 1060 g/mol. The summed E-state index contributed by atoms with van der Waals surface area (Å²) in [6.07, 6.45) is 85.4. The van der Waals surface area contributed by atoms with E-state index in [4.69, 9.17) is 14.2 Å². The van der Waals surface area contributed by atoms with Gasteiger partial charge in [0.05, 0.1) is 0 Å². The fraction of sp³-hybridized carbons (Fsp3) is 0.729. The highest BCUT2D eigenvalue weighted by atomic mass is 16.6. The number of allylic oxidation sites excluding steroid dienone is 16. The van der Waals surface area contributed by atoms with Crippen molar-refractivity contribution in [2.45, 2.75) is 316 Å². The Morgan fingerprint density at radius 1 is 0.276 bits per heavy atom. The van der Waals surface area contributed by atoms with Gasteiger partial charge in [-0.25, -0.2) is 0 Å². The molecule has 0 saturated carbocycles. The minimum Gasteiger partial charge on any atom is -0.462 e. The van der Waals surface area contributed by atoms with E-state index < -0.39 is 6.10 Å². The maximum absolute atomic E-state index is 12.9. The van der Waals surface area contributed by atoms with Gasteiger partial charge in [0, 0.05) is 19.3 Å². The van der Waals surface area contributed by atoms with Crippen LogP contribution in [-0.4, -0.2) is 37.2 Å². The third-order valence-electron chi connectivity index (χ3n) is 13.8. The van der Waals surface area contributed by atoms with Crippen molar-refractivity contribution in [1.82, 2.24) is 0 Å². The number of rotatable bonds is 58. The zero-order valence-electron chi connectivity index (χ0n) is 50.0. The van der Waals surface area contributed by atoms with E-state index in [-0.39, 0.29) is 31.1 Å². The second-order valence-corrected chi connectivity index (χ2v) is 21.3. The first-order valence-electron chi connectivity index (χ1n) is 32.2. The highest BCUT2D eigenvalue weighted by Crippen LogP contribution is 2.16. The number of ether oxygens (including phenoxy) is 3. The average molecular weight is 1060 g/mol. The smallest absolute Gasteiger partial charge is 0.306 e. The van der Waals surface area contributed by atoms with E-state index in [0.717, 1.165) is 109 Å².